The van der Waals surface area contributed by atoms with Gasteiger partial charge in [0.1, 0.15) is 0 Å². The Morgan fingerprint density at radius 2 is 1.70 bits per heavy atom. The Labute approximate surface area is 177 Å². The molecule has 0 radical (unpaired) electrons. The second-order valence-electron chi connectivity index (χ2n) is 7.53. The van der Waals surface area contributed by atoms with Crippen molar-refractivity contribution in [2.75, 3.05) is 19.3 Å². The Hall–Kier alpha value is -2.71. The van der Waals surface area contributed by atoms with E-state index >= 15 is 0 Å². The predicted octanol–water partition coefficient (Wildman–Crippen LogP) is 2.09. The molecule has 7 nitrogen and oxygen atoms in total. The first-order chi connectivity index (χ1) is 14.3. The van der Waals surface area contributed by atoms with Gasteiger partial charge >= 0.3 is 0 Å². The zero-order valence-electron chi connectivity index (χ0n) is 17.0. The van der Waals surface area contributed by atoms with Gasteiger partial charge in [-0.25, -0.2) is 12.7 Å². The first kappa shape index (κ1) is 22.0. The molecule has 1 fully saturated rings. The van der Waals surface area contributed by atoms with E-state index in [1.54, 1.807) is 24.3 Å². The Morgan fingerprint density at radius 1 is 1.07 bits per heavy atom. The van der Waals surface area contributed by atoms with E-state index < -0.39 is 16.1 Å². The van der Waals surface area contributed by atoms with Crippen molar-refractivity contribution < 1.29 is 18.0 Å². The van der Waals surface area contributed by atoms with Crippen LogP contribution in [0.2, 0.25) is 0 Å². The van der Waals surface area contributed by atoms with E-state index in [0.29, 0.717) is 18.5 Å². The third-order valence-corrected chi connectivity index (χ3v) is 6.42. The van der Waals surface area contributed by atoms with Crippen LogP contribution in [0.1, 0.15) is 41.2 Å². The van der Waals surface area contributed by atoms with Crippen molar-refractivity contribution in [2.24, 2.45) is 0 Å². The summed E-state index contributed by atoms with van der Waals surface area (Å²) in [5.41, 5.74) is 1.35. The van der Waals surface area contributed by atoms with Crippen LogP contribution in [0.5, 0.6) is 0 Å². The van der Waals surface area contributed by atoms with Crippen molar-refractivity contribution in [3.05, 3.63) is 71.8 Å². The standard InChI is InChI=1S/C22H27N3O4S/c1-30(28,29)25-14-8-13-19(16-25)23-21(26)15-20(17-9-4-2-5-10-17)24-22(27)18-11-6-3-7-12-18/h2-7,9-12,19-20H,8,13-16H2,1H3,(H,23,26)(H,24,27)/t19-,20+/m1/s1. The molecule has 30 heavy (non-hydrogen) atoms. The average molecular weight is 430 g/mol. The highest BCUT2D eigenvalue weighted by atomic mass is 32.2. The van der Waals surface area contributed by atoms with Gasteiger partial charge in [0, 0.05) is 24.7 Å². The molecule has 2 amide bonds. The summed E-state index contributed by atoms with van der Waals surface area (Å²) in [6, 6.07) is 17.5. The summed E-state index contributed by atoms with van der Waals surface area (Å²) < 4.78 is 25.0. The van der Waals surface area contributed by atoms with Gasteiger partial charge in [-0.3, -0.25) is 9.59 Å². The summed E-state index contributed by atoms with van der Waals surface area (Å²) >= 11 is 0. The lowest BCUT2D eigenvalue weighted by Crippen LogP contribution is -2.49. The van der Waals surface area contributed by atoms with Crippen LogP contribution < -0.4 is 10.6 Å². The SMILES string of the molecule is CS(=O)(=O)N1CCC[C@@H](NC(=O)C[C@H](NC(=O)c2ccccc2)c2ccccc2)C1. The fraction of sp³-hybridized carbons (Fsp3) is 0.364. The average Bonchev–Trinajstić information content (AvgIpc) is 2.74. The number of piperidine rings is 1. The van der Waals surface area contributed by atoms with Crippen molar-refractivity contribution in [3.8, 4) is 0 Å². The van der Waals surface area contributed by atoms with Crippen LogP contribution in [-0.4, -0.2) is 49.9 Å². The summed E-state index contributed by atoms with van der Waals surface area (Å²) in [5.74, 6) is -0.476. The summed E-state index contributed by atoms with van der Waals surface area (Å²) in [6.45, 7) is 0.752. The maximum atomic E-state index is 12.7. The minimum atomic E-state index is -3.28. The van der Waals surface area contributed by atoms with Gasteiger partial charge in [0.25, 0.3) is 5.91 Å². The molecule has 1 aliphatic heterocycles. The number of benzene rings is 2. The monoisotopic (exact) mass is 429 g/mol. The third kappa shape index (κ3) is 6.14. The van der Waals surface area contributed by atoms with Gasteiger partial charge in [-0.05, 0) is 30.5 Å². The van der Waals surface area contributed by atoms with E-state index in [9.17, 15) is 18.0 Å². The molecule has 0 unspecified atom stereocenters. The number of carbonyl (C=O) groups is 2. The van der Waals surface area contributed by atoms with Gasteiger partial charge in [0.2, 0.25) is 15.9 Å². The Kier molecular flexibility index (Phi) is 7.23. The molecule has 0 bridgehead atoms. The highest BCUT2D eigenvalue weighted by Crippen LogP contribution is 2.19. The van der Waals surface area contributed by atoms with E-state index in [4.69, 9.17) is 0 Å². The van der Waals surface area contributed by atoms with E-state index in [2.05, 4.69) is 10.6 Å². The van der Waals surface area contributed by atoms with E-state index in [-0.39, 0.29) is 30.8 Å². The third-order valence-electron chi connectivity index (χ3n) is 5.15. The van der Waals surface area contributed by atoms with E-state index in [0.717, 1.165) is 12.0 Å². The molecule has 3 rings (SSSR count). The number of hydrogen-bond acceptors (Lipinski definition) is 4. The van der Waals surface area contributed by atoms with Gasteiger partial charge in [0.15, 0.2) is 0 Å². The molecule has 1 saturated heterocycles. The molecule has 1 heterocycles. The van der Waals surface area contributed by atoms with Crippen molar-refractivity contribution in [2.45, 2.75) is 31.3 Å². The molecule has 8 heteroatoms. The fourth-order valence-corrected chi connectivity index (χ4v) is 4.51. The second-order valence-corrected chi connectivity index (χ2v) is 9.52. The highest BCUT2D eigenvalue weighted by molar-refractivity contribution is 7.88. The van der Waals surface area contributed by atoms with Crippen molar-refractivity contribution in [1.29, 1.82) is 0 Å². The lowest BCUT2D eigenvalue weighted by atomic mass is 10.0. The largest absolute Gasteiger partial charge is 0.352 e. The number of sulfonamides is 1. The molecule has 2 aromatic rings. The van der Waals surface area contributed by atoms with Gasteiger partial charge < -0.3 is 10.6 Å². The quantitative estimate of drug-likeness (QED) is 0.705. The zero-order chi connectivity index (χ0) is 21.6. The van der Waals surface area contributed by atoms with Crippen molar-refractivity contribution in [3.63, 3.8) is 0 Å². The topological polar surface area (TPSA) is 95.6 Å². The highest BCUT2D eigenvalue weighted by Gasteiger charge is 2.28. The Morgan fingerprint density at radius 3 is 2.33 bits per heavy atom. The molecule has 0 aliphatic carbocycles. The molecular formula is C22H27N3O4S. The molecule has 0 saturated carbocycles. The summed E-state index contributed by atoms with van der Waals surface area (Å²) in [7, 11) is -3.28. The van der Waals surface area contributed by atoms with Gasteiger partial charge in [-0.1, -0.05) is 48.5 Å². The predicted molar refractivity (Wildman–Crippen MR) is 115 cm³/mol. The maximum Gasteiger partial charge on any atom is 0.251 e. The van der Waals surface area contributed by atoms with Crippen LogP contribution in [0.15, 0.2) is 60.7 Å². The fourth-order valence-electron chi connectivity index (χ4n) is 3.60. The number of nitrogens with zero attached hydrogens (tertiary/aromatic N) is 1. The molecule has 160 valence electrons. The normalized spacial score (nSPS) is 18.4. The molecule has 2 atom stereocenters. The lowest BCUT2D eigenvalue weighted by Gasteiger charge is -2.31. The minimum Gasteiger partial charge on any atom is -0.352 e. The van der Waals surface area contributed by atoms with Gasteiger partial charge in [0.05, 0.1) is 18.7 Å². The lowest BCUT2D eigenvalue weighted by molar-refractivity contribution is -0.122. The Bertz CT molecular complexity index is 964. The zero-order valence-corrected chi connectivity index (χ0v) is 17.8. The molecule has 0 spiro atoms. The number of rotatable bonds is 7. The first-order valence-electron chi connectivity index (χ1n) is 9.98. The number of nitrogens with one attached hydrogen (secondary N) is 2. The molecule has 2 aromatic carbocycles. The number of amides is 2. The molecular weight excluding hydrogens is 402 g/mol. The minimum absolute atomic E-state index is 0.0674. The van der Waals surface area contributed by atoms with Crippen LogP contribution in [0, 0.1) is 0 Å². The first-order valence-corrected chi connectivity index (χ1v) is 11.8. The van der Waals surface area contributed by atoms with E-state index in [1.807, 2.05) is 36.4 Å². The summed E-state index contributed by atoms with van der Waals surface area (Å²) in [5, 5.41) is 5.88. The van der Waals surface area contributed by atoms with Crippen molar-refractivity contribution in [1.82, 2.24) is 14.9 Å². The number of hydrogen-bond donors (Lipinski definition) is 2. The maximum absolute atomic E-state index is 12.7. The van der Waals surface area contributed by atoms with Crippen LogP contribution in [-0.2, 0) is 14.8 Å². The smallest absolute Gasteiger partial charge is 0.251 e. The van der Waals surface area contributed by atoms with Crippen LogP contribution in [0.3, 0.4) is 0 Å². The molecule has 1 aliphatic rings. The second kappa shape index (κ2) is 9.86. The Balaban J connectivity index is 1.67. The number of carbonyl (C=O) groups excluding carboxylic acids is 2. The van der Waals surface area contributed by atoms with Crippen molar-refractivity contribution >= 4 is 21.8 Å². The van der Waals surface area contributed by atoms with Gasteiger partial charge in [-0.2, -0.15) is 0 Å². The summed E-state index contributed by atoms with van der Waals surface area (Å²) in [6.07, 6.45) is 2.68. The molecule has 2 N–H and O–H groups in total. The summed E-state index contributed by atoms with van der Waals surface area (Å²) in [4.78, 5) is 25.4. The molecule has 0 aromatic heterocycles. The van der Waals surface area contributed by atoms with E-state index in [1.165, 1.54) is 10.6 Å². The van der Waals surface area contributed by atoms with Crippen LogP contribution in [0.4, 0.5) is 0 Å². The van der Waals surface area contributed by atoms with Gasteiger partial charge in [-0.15, -0.1) is 0 Å². The van der Waals surface area contributed by atoms with Crippen LogP contribution >= 0.6 is 0 Å². The van der Waals surface area contributed by atoms with Crippen LogP contribution in [0.25, 0.3) is 0 Å².